The highest BCUT2D eigenvalue weighted by Crippen LogP contribution is 2.56. The number of unbranched alkanes of at least 4 members (excludes halogenated alkanes) is 10. The maximum absolute atomic E-state index is 2.64. The van der Waals surface area contributed by atoms with Crippen molar-refractivity contribution in [1.29, 1.82) is 0 Å². The molecule has 2 heteroatoms. The standard InChI is InChI=1S/C91H86N2/c1-5-7-9-11-13-23-57-91(58-24-14-12-10-8-6-2)87-63-76(73-37-35-70(36-38-73)69-33-31-65(3)32-34-69)45-54-83(87)84-55-46-77(64-88(84)91)78-59-66(4)60-82(61-78)93-89-30-22-21-29-85(89)86-62-75(47-56-90(86)93)74-43-52-81(53-44-74)92(79-48-39-71(40-49-79)67-25-17-15-18-26-67)80-50-41-72(42-51-80)68-27-19-16-20-28-68/h15-22,25-56,59-64H,5-14,23-24,57-58H2,1-4H3. The number of anilines is 3. The molecule has 0 aliphatic heterocycles. The third kappa shape index (κ3) is 12.7. The van der Waals surface area contributed by atoms with Gasteiger partial charge in [-0.2, -0.15) is 0 Å². The molecule has 0 radical (unpaired) electrons. The first-order valence-electron chi connectivity index (χ1n) is 34.7. The predicted molar refractivity (Wildman–Crippen MR) is 400 cm³/mol. The lowest BCUT2D eigenvalue weighted by atomic mass is 9.70. The van der Waals surface area contributed by atoms with Crippen LogP contribution >= 0.6 is 0 Å². The van der Waals surface area contributed by atoms with Crippen LogP contribution in [-0.2, 0) is 5.41 Å². The van der Waals surface area contributed by atoms with Crippen LogP contribution in [0.2, 0.25) is 0 Å². The molecule has 0 unspecified atom stereocenters. The summed E-state index contributed by atoms with van der Waals surface area (Å²) in [6.07, 6.45) is 17.9. The minimum Gasteiger partial charge on any atom is -0.311 e. The molecule has 1 heterocycles. The molecule has 0 bridgehead atoms. The van der Waals surface area contributed by atoms with Crippen molar-refractivity contribution in [2.75, 3.05) is 4.90 Å². The third-order valence-corrected chi connectivity index (χ3v) is 20.1. The van der Waals surface area contributed by atoms with Gasteiger partial charge in [-0.25, -0.2) is 0 Å². The van der Waals surface area contributed by atoms with Crippen molar-refractivity contribution in [3.05, 3.63) is 301 Å². The fraction of sp³-hybridized carbons (Fsp3) is 0.209. The van der Waals surface area contributed by atoms with Gasteiger partial charge in [0, 0.05) is 38.9 Å². The average Bonchev–Trinajstić information content (AvgIpc) is 1.57. The van der Waals surface area contributed by atoms with Crippen LogP contribution in [-0.4, -0.2) is 4.57 Å². The highest BCUT2D eigenvalue weighted by molar-refractivity contribution is 6.10. The van der Waals surface area contributed by atoms with Crippen LogP contribution in [0.25, 0.3) is 105 Å². The molecule has 0 N–H and O–H groups in total. The molecule has 2 nitrogen and oxygen atoms in total. The Morgan fingerprint density at radius 3 is 1.16 bits per heavy atom. The van der Waals surface area contributed by atoms with E-state index in [1.54, 1.807) is 5.56 Å². The van der Waals surface area contributed by atoms with Crippen LogP contribution in [0.3, 0.4) is 0 Å². The van der Waals surface area contributed by atoms with E-state index in [9.17, 15) is 0 Å². The Morgan fingerprint density at radius 1 is 0.280 bits per heavy atom. The van der Waals surface area contributed by atoms with Crippen LogP contribution < -0.4 is 4.90 Å². The zero-order valence-electron chi connectivity index (χ0n) is 54.9. The summed E-state index contributed by atoms with van der Waals surface area (Å²) in [7, 11) is 0. The number of nitrogens with zero attached hydrogens (tertiary/aromatic N) is 2. The smallest absolute Gasteiger partial charge is 0.0541 e. The number of benzene rings is 12. The number of rotatable bonds is 24. The number of fused-ring (bicyclic) bond motifs is 6. The molecule has 0 saturated heterocycles. The minimum absolute atomic E-state index is 0.0743. The molecule has 93 heavy (non-hydrogen) atoms. The van der Waals surface area contributed by atoms with Gasteiger partial charge in [0.2, 0.25) is 0 Å². The second-order valence-corrected chi connectivity index (χ2v) is 26.4. The number of hydrogen-bond acceptors (Lipinski definition) is 1. The molecule has 13 aromatic rings. The van der Waals surface area contributed by atoms with E-state index in [1.165, 1.54) is 212 Å². The highest BCUT2D eigenvalue weighted by Gasteiger charge is 2.43. The summed E-state index contributed by atoms with van der Waals surface area (Å²) in [5.41, 5.74) is 30.2. The van der Waals surface area contributed by atoms with Crippen LogP contribution in [0, 0.1) is 13.8 Å². The van der Waals surface area contributed by atoms with E-state index < -0.39 is 0 Å². The van der Waals surface area contributed by atoms with Gasteiger partial charge in [-0.3, -0.25) is 0 Å². The Kier molecular flexibility index (Phi) is 18.0. The maximum atomic E-state index is 2.64. The molecule has 1 aromatic heterocycles. The lowest BCUT2D eigenvalue weighted by Gasteiger charge is -2.33. The van der Waals surface area contributed by atoms with Gasteiger partial charge in [0.25, 0.3) is 0 Å². The summed E-state index contributed by atoms with van der Waals surface area (Å²) in [4.78, 5) is 2.37. The van der Waals surface area contributed by atoms with Crippen LogP contribution in [0.1, 0.15) is 126 Å². The highest BCUT2D eigenvalue weighted by atomic mass is 15.1. The summed E-state index contributed by atoms with van der Waals surface area (Å²) in [5, 5.41) is 2.50. The van der Waals surface area contributed by atoms with E-state index in [1.807, 2.05) is 0 Å². The first-order valence-corrected chi connectivity index (χ1v) is 34.7. The van der Waals surface area contributed by atoms with Crippen LogP contribution in [0.4, 0.5) is 17.1 Å². The lowest BCUT2D eigenvalue weighted by molar-refractivity contribution is 0.398. The fourth-order valence-electron chi connectivity index (χ4n) is 15.1. The van der Waals surface area contributed by atoms with Crippen molar-refractivity contribution in [2.45, 2.75) is 123 Å². The fourth-order valence-corrected chi connectivity index (χ4v) is 15.1. The van der Waals surface area contributed by atoms with Gasteiger partial charge in [-0.15, -0.1) is 0 Å². The topological polar surface area (TPSA) is 8.17 Å². The molecule has 0 saturated carbocycles. The van der Waals surface area contributed by atoms with Crippen molar-refractivity contribution >= 4 is 38.9 Å². The van der Waals surface area contributed by atoms with E-state index in [2.05, 4.69) is 316 Å². The minimum atomic E-state index is -0.0743. The van der Waals surface area contributed by atoms with E-state index in [0.717, 1.165) is 17.1 Å². The Bertz CT molecular complexity index is 4570. The summed E-state index contributed by atoms with van der Waals surface area (Å²) in [6.45, 7) is 9.10. The van der Waals surface area contributed by atoms with Crippen molar-refractivity contribution in [1.82, 2.24) is 4.57 Å². The summed E-state index contributed by atoms with van der Waals surface area (Å²) >= 11 is 0. The quantitative estimate of drug-likeness (QED) is 0.0548. The Hall–Kier alpha value is -9.76. The number of hydrogen-bond donors (Lipinski definition) is 0. The molecular formula is C91H86N2. The second kappa shape index (κ2) is 27.6. The van der Waals surface area contributed by atoms with Gasteiger partial charge in [-0.1, -0.05) is 297 Å². The predicted octanol–water partition coefficient (Wildman–Crippen LogP) is 26.6. The molecule has 0 amide bonds. The van der Waals surface area contributed by atoms with Crippen molar-refractivity contribution < 1.29 is 0 Å². The van der Waals surface area contributed by atoms with Crippen molar-refractivity contribution in [2.24, 2.45) is 0 Å². The molecule has 0 spiro atoms. The summed E-state index contributed by atoms with van der Waals surface area (Å²) in [6, 6.07) is 105. The van der Waals surface area contributed by atoms with Crippen LogP contribution in [0.5, 0.6) is 0 Å². The van der Waals surface area contributed by atoms with Crippen molar-refractivity contribution in [3.8, 4) is 83.6 Å². The van der Waals surface area contributed by atoms with E-state index in [0.29, 0.717) is 0 Å². The van der Waals surface area contributed by atoms with Gasteiger partial charge in [0.15, 0.2) is 0 Å². The SMILES string of the molecule is CCCCCCCCC1(CCCCCCCC)c2cc(-c3ccc(-c4ccc(C)cc4)cc3)ccc2-c2ccc(-c3cc(C)cc(-n4c5ccccc5c5cc(-c6ccc(N(c7ccc(-c8ccccc8)cc7)c7ccc(-c8ccccc8)cc7)cc6)ccc54)c3)cc21. The van der Waals surface area contributed by atoms with Gasteiger partial charge in [0.05, 0.1) is 11.0 Å². The molecule has 0 fully saturated rings. The number of para-hydroxylation sites is 1. The number of aromatic nitrogens is 1. The first-order chi connectivity index (χ1) is 45.8. The Morgan fingerprint density at radius 2 is 0.656 bits per heavy atom. The first kappa shape index (κ1) is 60.8. The number of aryl methyl sites for hydroxylation is 2. The molecule has 1 aliphatic carbocycles. The van der Waals surface area contributed by atoms with E-state index in [-0.39, 0.29) is 5.41 Å². The van der Waals surface area contributed by atoms with Gasteiger partial charge >= 0.3 is 0 Å². The lowest BCUT2D eigenvalue weighted by Crippen LogP contribution is -2.25. The van der Waals surface area contributed by atoms with E-state index >= 15 is 0 Å². The largest absolute Gasteiger partial charge is 0.311 e. The molecule has 0 atom stereocenters. The van der Waals surface area contributed by atoms with Crippen molar-refractivity contribution in [3.63, 3.8) is 0 Å². The summed E-state index contributed by atoms with van der Waals surface area (Å²) < 4.78 is 2.51. The van der Waals surface area contributed by atoms with Crippen LogP contribution in [0.15, 0.2) is 279 Å². The zero-order chi connectivity index (χ0) is 63.1. The van der Waals surface area contributed by atoms with E-state index in [4.69, 9.17) is 0 Å². The van der Waals surface area contributed by atoms with Gasteiger partial charge < -0.3 is 9.47 Å². The van der Waals surface area contributed by atoms with Gasteiger partial charge in [-0.05, 0) is 200 Å². The zero-order valence-corrected chi connectivity index (χ0v) is 54.9. The van der Waals surface area contributed by atoms with Gasteiger partial charge in [0.1, 0.15) is 0 Å². The Labute approximate surface area is 552 Å². The maximum Gasteiger partial charge on any atom is 0.0541 e. The molecule has 14 rings (SSSR count). The Balaban J connectivity index is 0.806. The summed E-state index contributed by atoms with van der Waals surface area (Å²) in [5.74, 6) is 0. The monoisotopic (exact) mass is 1210 g/mol. The normalized spacial score (nSPS) is 12.3. The molecule has 12 aromatic carbocycles. The molecular weight excluding hydrogens is 1120 g/mol. The average molecular weight is 1210 g/mol. The molecule has 1 aliphatic rings. The molecule has 460 valence electrons. The second-order valence-electron chi connectivity index (χ2n) is 26.4. The third-order valence-electron chi connectivity index (χ3n) is 20.1.